The molecule has 0 radical (unpaired) electrons. The summed E-state index contributed by atoms with van der Waals surface area (Å²) in [4.78, 5) is 15.2. The number of hydrogen-bond donors (Lipinski definition) is 2. The molecule has 1 saturated carbocycles. The second kappa shape index (κ2) is 4.21. The van der Waals surface area contributed by atoms with Crippen molar-refractivity contribution in [2.75, 3.05) is 0 Å². The molecule has 1 heterocycles. The molecule has 1 fully saturated rings. The number of nitrogens with zero attached hydrogens (tertiary/aromatic N) is 3. The predicted molar refractivity (Wildman–Crippen MR) is 58.1 cm³/mol. The first-order valence-electron chi connectivity index (χ1n) is 5.54. The normalized spacial score (nSPS) is 29.4. The average molecular weight is 223 g/mol. The van der Waals surface area contributed by atoms with Gasteiger partial charge in [-0.2, -0.15) is 5.10 Å². The van der Waals surface area contributed by atoms with Crippen LogP contribution in [0.5, 0.6) is 0 Å². The highest BCUT2D eigenvalue weighted by atomic mass is 16.1. The number of hydrogen-bond acceptors (Lipinski definition) is 4. The number of aromatic nitrogens is 3. The van der Waals surface area contributed by atoms with Gasteiger partial charge in [-0.1, -0.05) is 6.42 Å². The lowest BCUT2D eigenvalue weighted by Crippen LogP contribution is -2.54. The molecule has 6 heteroatoms. The second-order valence-electron chi connectivity index (χ2n) is 4.44. The maximum atomic E-state index is 11.4. The fraction of sp³-hybridized carbons (Fsp3) is 0.700. The Hall–Kier alpha value is -1.43. The van der Waals surface area contributed by atoms with Crippen LogP contribution >= 0.6 is 0 Å². The van der Waals surface area contributed by atoms with Crippen molar-refractivity contribution in [2.24, 2.45) is 17.4 Å². The van der Waals surface area contributed by atoms with Crippen molar-refractivity contribution in [2.45, 2.75) is 37.8 Å². The topological polar surface area (TPSA) is 99.8 Å². The third-order valence-corrected chi connectivity index (χ3v) is 3.50. The number of nitrogens with two attached hydrogens (primary N) is 2. The van der Waals surface area contributed by atoms with Gasteiger partial charge in [0.2, 0.25) is 5.91 Å². The molecule has 2 rings (SSSR count). The van der Waals surface area contributed by atoms with Crippen LogP contribution in [0.15, 0.2) is 12.7 Å². The van der Waals surface area contributed by atoms with E-state index in [2.05, 4.69) is 10.1 Å². The van der Waals surface area contributed by atoms with Gasteiger partial charge in [-0.3, -0.25) is 9.48 Å². The number of primary amides is 1. The van der Waals surface area contributed by atoms with E-state index in [0.717, 1.165) is 25.8 Å². The lowest BCUT2D eigenvalue weighted by molar-refractivity contribution is -0.124. The van der Waals surface area contributed by atoms with Gasteiger partial charge in [-0.05, 0) is 25.2 Å². The molecule has 1 aliphatic carbocycles. The van der Waals surface area contributed by atoms with Gasteiger partial charge in [0, 0.05) is 6.54 Å². The van der Waals surface area contributed by atoms with Gasteiger partial charge in [0.1, 0.15) is 12.7 Å². The molecule has 0 bridgehead atoms. The van der Waals surface area contributed by atoms with Gasteiger partial charge < -0.3 is 11.5 Å². The first kappa shape index (κ1) is 11.1. The maximum Gasteiger partial charge on any atom is 0.237 e. The summed E-state index contributed by atoms with van der Waals surface area (Å²) >= 11 is 0. The molecule has 1 aromatic rings. The molecule has 0 spiro atoms. The molecule has 4 N–H and O–H groups in total. The van der Waals surface area contributed by atoms with Gasteiger partial charge in [0.05, 0.1) is 5.54 Å². The summed E-state index contributed by atoms with van der Waals surface area (Å²) in [5.41, 5.74) is 10.6. The Bertz CT molecular complexity index is 363. The maximum absolute atomic E-state index is 11.4. The summed E-state index contributed by atoms with van der Waals surface area (Å²) in [5.74, 6) is -0.220. The minimum absolute atomic E-state index is 0.161. The van der Waals surface area contributed by atoms with Crippen molar-refractivity contribution in [1.82, 2.24) is 14.8 Å². The summed E-state index contributed by atoms with van der Waals surface area (Å²) in [6.45, 7) is 0.733. The molecule has 1 aromatic heterocycles. The second-order valence-corrected chi connectivity index (χ2v) is 4.44. The summed E-state index contributed by atoms with van der Waals surface area (Å²) in [5, 5.41) is 4.02. The number of carbonyl (C=O) groups is 1. The molecule has 6 nitrogen and oxygen atoms in total. The molecule has 2 unspecified atom stereocenters. The Morgan fingerprint density at radius 2 is 2.44 bits per heavy atom. The molecule has 2 atom stereocenters. The van der Waals surface area contributed by atoms with E-state index in [4.69, 9.17) is 11.5 Å². The largest absolute Gasteiger partial charge is 0.368 e. The smallest absolute Gasteiger partial charge is 0.237 e. The van der Waals surface area contributed by atoms with Crippen molar-refractivity contribution in [3.05, 3.63) is 12.7 Å². The molecule has 0 saturated heterocycles. The van der Waals surface area contributed by atoms with E-state index >= 15 is 0 Å². The van der Waals surface area contributed by atoms with Crippen LogP contribution in [0.3, 0.4) is 0 Å². The van der Waals surface area contributed by atoms with Crippen molar-refractivity contribution < 1.29 is 4.79 Å². The van der Waals surface area contributed by atoms with E-state index in [-0.39, 0.29) is 11.8 Å². The highest BCUT2D eigenvalue weighted by molar-refractivity contribution is 5.85. The van der Waals surface area contributed by atoms with Crippen LogP contribution in [0.2, 0.25) is 0 Å². The fourth-order valence-corrected chi connectivity index (χ4v) is 2.47. The zero-order valence-electron chi connectivity index (χ0n) is 9.17. The molecular formula is C10H17N5O. The van der Waals surface area contributed by atoms with Gasteiger partial charge in [-0.25, -0.2) is 4.98 Å². The van der Waals surface area contributed by atoms with Crippen molar-refractivity contribution >= 4 is 5.91 Å². The quantitative estimate of drug-likeness (QED) is 0.728. The van der Waals surface area contributed by atoms with Gasteiger partial charge in [-0.15, -0.1) is 0 Å². The van der Waals surface area contributed by atoms with Crippen molar-refractivity contribution in [1.29, 1.82) is 0 Å². The first-order chi connectivity index (χ1) is 7.63. The summed E-state index contributed by atoms with van der Waals surface area (Å²) in [6.07, 6.45) is 6.62. The Balaban J connectivity index is 1.96. The zero-order valence-corrected chi connectivity index (χ0v) is 9.17. The lowest BCUT2D eigenvalue weighted by atomic mass is 9.85. The van der Waals surface area contributed by atoms with E-state index in [1.807, 2.05) is 0 Å². The van der Waals surface area contributed by atoms with Gasteiger partial charge >= 0.3 is 0 Å². The fourth-order valence-electron chi connectivity index (χ4n) is 2.47. The Morgan fingerprint density at radius 3 is 3.06 bits per heavy atom. The predicted octanol–water partition coefficient (Wildman–Crippen LogP) is -0.349. The van der Waals surface area contributed by atoms with Crippen LogP contribution in [0.25, 0.3) is 0 Å². The summed E-state index contributed by atoms with van der Waals surface area (Å²) in [7, 11) is 0. The molecular weight excluding hydrogens is 206 g/mol. The minimum atomic E-state index is -0.819. The molecule has 1 amide bonds. The number of rotatable bonds is 4. The Morgan fingerprint density at radius 1 is 1.62 bits per heavy atom. The SMILES string of the molecule is NC(=O)C1(N)CCCC1CCn1cncn1. The summed E-state index contributed by atoms with van der Waals surface area (Å²) in [6, 6.07) is 0. The van der Waals surface area contributed by atoms with Gasteiger partial charge in [0.25, 0.3) is 0 Å². The van der Waals surface area contributed by atoms with E-state index in [9.17, 15) is 4.79 Å². The molecule has 1 aliphatic rings. The Labute approximate surface area is 94.0 Å². The van der Waals surface area contributed by atoms with Crippen LogP contribution in [-0.2, 0) is 11.3 Å². The Kier molecular flexibility index (Phi) is 2.91. The highest BCUT2D eigenvalue weighted by Gasteiger charge is 2.43. The third-order valence-electron chi connectivity index (χ3n) is 3.50. The molecule has 0 aliphatic heterocycles. The first-order valence-corrected chi connectivity index (χ1v) is 5.54. The number of aryl methyl sites for hydroxylation is 1. The zero-order chi connectivity index (χ0) is 11.6. The van der Waals surface area contributed by atoms with Crippen LogP contribution in [0, 0.1) is 5.92 Å². The highest BCUT2D eigenvalue weighted by Crippen LogP contribution is 2.36. The minimum Gasteiger partial charge on any atom is -0.368 e. The van der Waals surface area contributed by atoms with E-state index in [0.29, 0.717) is 6.42 Å². The van der Waals surface area contributed by atoms with Crippen molar-refractivity contribution in [3.63, 3.8) is 0 Å². The van der Waals surface area contributed by atoms with Crippen LogP contribution in [0.1, 0.15) is 25.7 Å². The lowest BCUT2D eigenvalue weighted by Gasteiger charge is -2.27. The molecule has 16 heavy (non-hydrogen) atoms. The number of carbonyl (C=O) groups excluding carboxylic acids is 1. The third kappa shape index (κ3) is 1.92. The molecule has 0 aromatic carbocycles. The van der Waals surface area contributed by atoms with Crippen LogP contribution in [0.4, 0.5) is 0 Å². The van der Waals surface area contributed by atoms with Gasteiger partial charge in [0.15, 0.2) is 0 Å². The van der Waals surface area contributed by atoms with Crippen LogP contribution < -0.4 is 11.5 Å². The van der Waals surface area contributed by atoms with E-state index in [1.165, 1.54) is 6.33 Å². The average Bonchev–Trinajstić information content (AvgIpc) is 2.85. The van der Waals surface area contributed by atoms with Crippen molar-refractivity contribution in [3.8, 4) is 0 Å². The standard InChI is InChI=1S/C10H17N5O/c11-9(16)10(12)4-1-2-8(10)3-5-15-7-13-6-14-15/h6-8H,1-5,12H2,(H2,11,16). The molecule has 88 valence electrons. The number of amides is 1. The van der Waals surface area contributed by atoms with Crippen LogP contribution in [-0.4, -0.2) is 26.2 Å². The van der Waals surface area contributed by atoms with E-state index in [1.54, 1.807) is 11.0 Å². The van der Waals surface area contributed by atoms with E-state index < -0.39 is 5.54 Å². The monoisotopic (exact) mass is 223 g/mol. The summed E-state index contributed by atoms with van der Waals surface area (Å²) < 4.78 is 1.75.